The Bertz CT molecular complexity index is 523. The number of carbonyl (C=O) groups is 2. The lowest BCUT2D eigenvalue weighted by Crippen LogP contribution is -2.49. The van der Waals surface area contributed by atoms with E-state index in [1.165, 1.54) is 32.9 Å². The predicted molar refractivity (Wildman–Crippen MR) is 81.4 cm³/mol. The first kappa shape index (κ1) is 15.5. The second-order valence-corrected chi connectivity index (χ2v) is 7.69. The fourth-order valence-electron chi connectivity index (χ4n) is 2.06. The Labute approximate surface area is 130 Å². The van der Waals surface area contributed by atoms with Crippen LogP contribution in [0.1, 0.15) is 11.8 Å². The quantitative estimate of drug-likeness (QED) is 0.923. The minimum Gasteiger partial charge on any atom is -0.480 e. The number of carboxylic acids is 1. The first-order chi connectivity index (χ1) is 9.40. The summed E-state index contributed by atoms with van der Waals surface area (Å²) in [6.45, 7) is 2.28. The zero-order valence-electron chi connectivity index (χ0n) is 11.1. The number of hydrogen-bond acceptors (Lipinski definition) is 4. The highest BCUT2D eigenvalue weighted by Gasteiger charge is 2.40. The van der Waals surface area contributed by atoms with Crippen molar-refractivity contribution >= 4 is 46.7 Å². The molecule has 1 aliphatic rings. The molecule has 1 aromatic rings. The van der Waals surface area contributed by atoms with E-state index >= 15 is 0 Å². The average molecular weight is 335 g/mol. The number of nitrogens with zero attached hydrogens (tertiary/aromatic N) is 2. The number of carbonyl (C=O) groups excluding carboxylic acids is 1. The standard InChI is InChI=1S/C12H15ClN2O3S2/c1-7-15(9(6-19-7)11(16)17)12(18)14(2)5-8-3-4-10(13)20-8/h3-4,7,9H,5-6H2,1-2H3,(H,16,17). The van der Waals surface area contributed by atoms with Gasteiger partial charge >= 0.3 is 12.0 Å². The molecular weight excluding hydrogens is 320 g/mol. The van der Waals surface area contributed by atoms with Gasteiger partial charge in [0.15, 0.2) is 0 Å². The molecule has 0 spiro atoms. The molecule has 0 bridgehead atoms. The van der Waals surface area contributed by atoms with Gasteiger partial charge in [-0.3, -0.25) is 4.90 Å². The van der Waals surface area contributed by atoms with Gasteiger partial charge in [0.1, 0.15) is 6.04 Å². The zero-order chi connectivity index (χ0) is 14.9. The molecule has 1 fully saturated rings. The highest BCUT2D eigenvalue weighted by atomic mass is 35.5. The van der Waals surface area contributed by atoms with E-state index in [4.69, 9.17) is 11.6 Å². The SMILES string of the molecule is CC1SCC(C(=O)O)N1C(=O)N(C)Cc1ccc(Cl)s1. The van der Waals surface area contributed by atoms with Gasteiger partial charge in [0, 0.05) is 17.7 Å². The zero-order valence-corrected chi connectivity index (χ0v) is 13.5. The number of rotatable bonds is 3. The summed E-state index contributed by atoms with van der Waals surface area (Å²) in [5, 5.41) is 9.06. The summed E-state index contributed by atoms with van der Waals surface area (Å²) in [5.41, 5.74) is 0. The molecule has 2 heterocycles. The molecule has 5 nitrogen and oxygen atoms in total. The van der Waals surface area contributed by atoms with Crippen LogP contribution < -0.4 is 0 Å². The third kappa shape index (κ3) is 3.21. The number of thiophene rings is 1. The van der Waals surface area contributed by atoms with Crippen LogP contribution in [0.2, 0.25) is 4.34 Å². The Kier molecular flexibility index (Phi) is 4.82. The maximum atomic E-state index is 12.4. The van der Waals surface area contributed by atoms with E-state index in [0.29, 0.717) is 16.6 Å². The molecule has 2 rings (SSSR count). The Balaban J connectivity index is 2.07. The van der Waals surface area contributed by atoms with Gasteiger partial charge < -0.3 is 10.0 Å². The summed E-state index contributed by atoms with van der Waals surface area (Å²) in [6, 6.07) is 2.64. The van der Waals surface area contributed by atoms with E-state index < -0.39 is 12.0 Å². The lowest BCUT2D eigenvalue weighted by atomic mass is 10.3. The van der Waals surface area contributed by atoms with Crippen molar-refractivity contribution in [3.63, 3.8) is 0 Å². The van der Waals surface area contributed by atoms with Crippen LogP contribution in [0.25, 0.3) is 0 Å². The van der Waals surface area contributed by atoms with Gasteiger partial charge in [0.25, 0.3) is 0 Å². The van der Waals surface area contributed by atoms with Crippen molar-refractivity contribution < 1.29 is 14.7 Å². The van der Waals surface area contributed by atoms with Crippen LogP contribution in [0.15, 0.2) is 12.1 Å². The summed E-state index contributed by atoms with van der Waals surface area (Å²) in [5.74, 6) is -0.524. The van der Waals surface area contributed by atoms with Gasteiger partial charge in [-0.1, -0.05) is 11.6 Å². The molecule has 110 valence electrons. The van der Waals surface area contributed by atoms with Crippen LogP contribution in [-0.4, -0.2) is 51.1 Å². The van der Waals surface area contributed by atoms with Crippen LogP contribution in [0.3, 0.4) is 0 Å². The largest absolute Gasteiger partial charge is 0.480 e. The topological polar surface area (TPSA) is 60.9 Å². The molecule has 1 saturated heterocycles. The maximum Gasteiger partial charge on any atom is 0.327 e. The minimum absolute atomic E-state index is 0.127. The third-order valence-electron chi connectivity index (χ3n) is 3.08. The summed E-state index contributed by atoms with van der Waals surface area (Å²) >= 11 is 8.75. The van der Waals surface area contributed by atoms with Crippen molar-refractivity contribution in [3.8, 4) is 0 Å². The summed E-state index contributed by atoms with van der Waals surface area (Å²) in [6.07, 6.45) is 0. The molecule has 0 radical (unpaired) electrons. The molecule has 2 atom stereocenters. The summed E-state index contributed by atoms with van der Waals surface area (Å²) in [4.78, 5) is 27.6. The molecule has 2 amide bonds. The lowest BCUT2D eigenvalue weighted by Gasteiger charge is -2.29. The fraction of sp³-hybridized carbons (Fsp3) is 0.500. The van der Waals surface area contributed by atoms with Crippen LogP contribution in [0.4, 0.5) is 4.79 Å². The van der Waals surface area contributed by atoms with Gasteiger partial charge in [0.05, 0.1) is 16.3 Å². The van der Waals surface area contributed by atoms with Gasteiger partial charge in [-0.05, 0) is 19.1 Å². The third-order valence-corrected chi connectivity index (χ3v) is 5.51. The van der Waals surface area contributed by atoms with Crippen molar-refractivity contribution in [2.75, 3.05) is 12.8 Å². The van der Waals surface area contributed by atoms with Crippen molar-refractivity contribution in [2.24, 2.45) is 0 Å². The van der Waals surface area contributed by atoms with E-state index in [0.717, 1.165) is 4.88 Å². The number of halogens is 1. The molecule has 0 saturated carbocycles. The van der Waals surface area contributed by atoms with Gasteiger partial charge in [0.2, 0.25) is 0 Å². The Morgan fingerprint density at radius 3 is 2.80 bits per heavy atom. The number of amides is 2. The van der Waals surface area contributed by atoms with E-state index in [1.54, 1.807) is 13.1 Å². The normalized spacial score (nSPS) is 22.1. The lowest BCUT2D eigenvalue weighted by molar-refractivity contribution is -0.141. The highest BCUT2D eigenvalue weighted by molar-refractivity contribution is 8.00. The number of carboxylic acid groups (broad SMARTS) is 1. The molecule has 0 aliphatic carbocycles. The van der Waals surface area contributed by atoms with Crippen LogP contribution in [0.5, 0.6) is 0 Å². The number of hydrogen-bond donors (Lipinski definition) is 1. The van der Waals surface area contributed by atoms with E-state index in [9.17, 15) is 14.7 Å². The average Bonchev–Trinajstić information content (AvgIpc) is 2.94. The van der Waals surface area contributed by atoms with Crippen LogP contribution >= 0.6 is 34.7 Å². The Hall–Kier alpha value is -0.920. The summed E-state index contributed by atoms with van der Waals surface area (Å²) in [7, 11) is 1.67. The van der Waals surface area contributed by atoms with E-state index in [2.05, 4.69) is 0 Å². The molecular formula is C12H15ClN2O3S2. The number of aliphatic carboxylic acids is 1. The van der Waals surface area contributed by atoms with Gasteiger partial charge in [-0.2, -0.15) is 0 Å². The number of thioether (sulfide) groups is 1. The fourth-order valence-corrected chi connectivity index (χ4v) is 4.36. The molecule has 2 unspecified atom stereocenters. The minimum atomic E-state index is -0.956. The smallest absolute Gasteiger partial charge is 0.327 e. The Morgan fingerprint density at radius 2 is 2.25 bits per heavy atom. The molecule has 1 N–H and O–H groups in total. The molecule has 0 aromatic carbocycles. The second-order valence-electron chi connectivity index (χ2n) is 4.54. The predicted octanol–water partition coefficient (Wildman–Crippen LogP) is 2.80. The Morgan fingerprint density at radius 1 is 1.55 bits per heavy atom. The van der Waals surface area contributed by atoms with Crippen molar-refractivity contribution in [1.29, 1.82) is 0 Å². The monoisotopic (exact) mass is 334 g/mol. The second kappa shape index (κ2) is 6.24. The maximum absolute atomic E-state index is 12.4. The highest BCUT2D eigenvalue weighted by Crippen LogP contribution is 2.30. The molecule has 20 heavy (non-hydrogen) atoms. The van der Waals surface area contributed by atoms with Gasteiger partial charge in [-0.25, -0.2) is 9.59 Å². The van der Waals surface area contributed by atoms with Gasteiger partial charge in [-0.15, -0.1) is 23.1 Å². The van der Waals surface area contributed by atoms with Crippen LogP contribution in [-0.2, 0) is 11.3 Å². The van der Waals surface area contributed by atoms with Crippen molar-refractivity contribution in [3.05, 3.63) is 21.3 Å². The molecule has 1 aromatic heterocycles. The number of urea groups is 1. The molecule has 8 heteroatoms. The first-order valence-electron chi connectivity index (χ1n) is 6.02. The van der Waals surface area contributed by atoms with Crippen molar-refractivity contribution in [1.82, 2.24) is 9.80 Å². The van der Waals surface area contributed by atoms with E-state index in [-0.39, 0.29) is 11.4 Å². The molecule has 1 aliphatic heterocycles. The summed E-state index contributed by atoms with van der Waals surface area (Å²) < 4.78 is 0.675. The van der Waals surface area contributed by atoms with Crippen LogP contribution in [0, 0.1) is 0 Å². The van der Waals surface area contributed by atoms with E-state index in [1.807, 2.05) is 13.0 Å². The van der Waals surface area contributed by atoms with Crippen molar-refractivity contribution in [2.45, 2.75) is 24.9 Å². The first-order valence-corrected chi connectivity index (χ1v) is 8.26.